The third kappa shape index (κ3) is 1.27. The fourth-order valence-electron chi connectivity index (χ4n) is 1.99. The van der Waals surface area contributed by atoms with E-state index in [-0.39, 0.29) is 0 Å². The van der Waals surface area contributed by atoms with Crippen LogP contribution < -0.4 is 4.74 Å². The molecule has 0 bridgehead atoms. The summed E-state index contributed by atoms with van der Waals surface area (Å²) in [5.74, 6) is -0.168. The molecule has 76 valence electrons. The van der Waals surface area contributed by atoms with Crippen LogP contribution in [0.2, 0.25) is 0 Å². The smallest absolute Gasteiger partial charge is 0.352 e. The van der Waals surface area contributed by atoms with Crippen LogP contribution in [-0.2, 0) is 13.0 Å². The molecule has 1 N–H and O–H groups in total. The molecule has 0 radical (unpaired) electrons. The number of hydrogen-bond donors (Lipinski definition) is 1. The fourth-order valence-corrected chi connectivity index (χ4v) is 1.99. The molecule has 0 fully saturated rings. The number of ether oxygens (including phenoxy) is 1. The van der Waals surface area contributed by atoms with Gasteiger partial charge < -0.3 is 14.4 Å². The summed E-state index contributed by atoms with van der Waals surface area (Å²) in [6.45, 7) is 0.792. The molecule has 1 aliphatic rings. The van der Waals surface area contributed by atoms with Crippen molar-refractivity contribution in [1.29, 1.82) is 0 Å². The van der Waals surface area contributed by atoms with E-state index in [1.54, 1.807) is 13.2 Å². The minimum Gasteiger partial charge on any atom is -0.495 e. The molecule has 0 atom stereocenters. The van der Waals surface area contributed by atoms with Gasteiger partial charge in [-0.15, -0.1) is 0 Å². The van der Waals surface area contributed by atoms with Crippen LogP contribution in [0.15, 0.2) is 6.07 Å². The second kappa shape index (κ2) is 3.36. The van der Waals surface area contributed by atoms with Crippen LogP contribution in [0.4, 0.5) is 0 Å². The van der Waals surface area contributed by atoms with Crippen molar-refractivity contribution in [3.63, 3.8) is 0 Å². The Morgan fingerprint density at radius 1 is 1.57 bits per heavy atom. The highest BCUT2D eigenvalue weighted by Crippen LogP contribution is 2.29. The molecule has 2 heterocycles. The van der Waals surface area contributed by atoms with E-state index in [2.05, 4.69) is 0 Å². The predicted octanol–water partition coefficient (Wildman–Crippen LogP) is 1.53. The van der Waals surface area contributed by atoms with Crippen molar-refractivity contribution >= 4 is 5.97 Å². The largest absolute Gasteiger partial charge is 0.495 e. The van der Waals surface area contributed by atoms with E-state index in [0.717, 1.165) is 31.5 Å². The fraction of sp³-hybridized carbons (Fsp3) is 0.500. The second-order valence-corrected chi connectivity index (χ2v) is 3.46. The first-order valence-corrected chi connectivity index (χ1v) is 4.73. The van der Waals surface area contributed by atoms with Gasteiger partial charge in [0.15, 0.2) is 0 Å². The van der Waals surface area contributed by atoms with Crippen molar-refractivity contribution in [3.05, 3.63) is 17.5 Å². The van der Waals surface area contributed by atoms with E-state index in [0.29, 0.717) is 11.4 Å². The maximum Gasteiger partial charge on any atom is 0.352 e. The Kier molecular flexibility index (Phi) is 2.19. The highest BCUT2D eigenvalue weighted by atomic mass is 16.5. The molecule has 14 heavy (non-hydrogen) atoms. The van der Waals surface area contributed by atoms with E-state index in [1.165, 1.54) is 0 Å². The Morgan fingerprint density at radius 3 is 3.00 bits per heavy atom. The number of nitrogens with zero attached hydrogens (tertiary/aromatic N) is 1. The Balaban J connectivity index is 2.52. The Hall–Kier alpha value is -1.45. The Bertz CT molecular complexity index is 368. The molecule has 0 saturated carbocycles. The summed E-state index contributed by atoms with van der Waals surface area (Å²) in [5.41, 5.74) is 1.37. The first kappa shape index (κ1) is 9.12. The predicted molar refractivity (Wildman–Crippen MR) is 50.9 cm³/mol. The lowest BCUT2D eigenvalue weighted by atomic mass is 10.1. The Morgan fingerprint density at radius 2 is 2.36 bits per heavy atom. The third-order valence-corrected chi connectivity index (χ3v) is 2.65. The van der Waals surface area contributed by atoms with Gasteiger partial charge in [-0.3, -0.25) is 0 Å². The second-order valence-electron chi connectivity index (χ2n) is 3.46. The van der Waals surface area contributed by atoms with Gasteiger partial charge in [-0.05, 0) is 19.3 Å². The van der Waals surface area contributed by atoms with Crippen LogP contribution in [0.3, 0.4) is 0 Å². The van der Waals surface area contributed by atoms with Crippen LogP contribution in [0.25, 0.3) is 0 Å². The topological polar surface area (TPSA) is 51.5 Å². The minimum atomic E-state index is -0.878. The molecule has 0 aliphatic carbocycles. The lowest BCUT2D eigenvalue weighted by molar-refractivity contribution is 0.0684. The molecular weight excluding hydrogens is 182 g/mol. The van der Waals surface area contributed by atoms with E-state index in [9.17, 15) is 4.79 Å². The monoisotopic (exact) mass is 195 g/mol. The molecule has 1 aromatic heterocycles. The first-order chi connectivity index (χ1) is 6.74. The van der Waals surface area contributed by atoms with E-state index in [1.807, 2.05) is 4.57 Å². The molecule has 0 amide bonds. The highest BCUT2D eigenvalue weighted by molar-refractivity contribution is 5.87. The van der Waals surface area contributed by atoms with Crippen LogP contribution in [0, 0.1) is 0 Å². The number of aromatic nitrogens is 1. The van der Waals surface area contributed by atoms with Gasteiger partial charge in [-0.2, -0.15) is 0 Å². The number of hydrogen-bond acceptors (Lipinski definition) is 2. The average molecular weight is 195 g/mol. The first-order valence-electron chi connectivity index (χ1n) is 4.73. The molecule has 4 heteroatoms. The van der Waals surface area contributed by atoms with Crippen molar-refractivity contribution in [2.45, 2.75) is 25.8 Å². The Labute approximate surface area is 82.1 Å². The zero-order valence-electron chi connectivity index (χ0n) is 8.12. The van der Waals surface area contributed by atoms with E-state index < -0.39 is 5.97 Å². The lowest BCUT2D eigenvalue weighted by Crippen LogP contribution is -2.15. The van der Waals surface area contributed by atoms with Gasteiger partial charge in [0.25, 0.3) is 0 Å². The number of fused-ring (bicyclic) bond motifs is 1. The normalized spacial score (nSPS) is 14.9. The summed E-state index contributed by atoms with van der Waals surface area (Å²) in [4.78, 5) is 10.9. The molecule has 0 saturated heterocycles. The highest BCUT2D eigenvalue weighted by Gasteiger charge is 2.21. The van der Waals surface area contributed by atoms with Crippen molar-refractivity contribution in [2.24, 2.45) is 0 Å². The summed E-state index contributed by atoms with van der Waals surface area (Å²) >= 11 is 0. The lowest BCUT2D eigenvalue weighted by Gasteiger charge is -2.17. The van der Waals surface area contributed by atoms with Crippen molar-refractivity contribution in [3.8, 4) is 5.75 Å². The van der Waals surface area contributed by atoms with Crippen molar-refractivity contribution < 1.29 is 14.6 Å². The van der Waals surface area contributed by atoms with Crippen molar-refractivity contribution in [1.82, 2.24) is 4.57 Å². The van der Waals surface area contributed by atoms with E-state index in [4.69, 9.17) is 9.84 Å². The molecule has 4 nitrogen and oxygen atoms in total. The summed E-state index contributed by atoms with van der Waals surface area (Å²) in [5, 5.41) is 8.97. The minimum absolute atomic E-state index is 0.344. The number of rotatable bonds is 2. The third-order valence-electron chi connectivity index (χ3n) is 2.65. The summed E-state index contributed by atoms with van der Waals surface area (Å²) < 4.78 is 7.01. The molecule has 2 rings (SSSR count). The summed E-state index contributed by atoms with van der Waals surface area (Å²) in [6.07, 6.45) is 3.07. The quantitative estimate of drug-likeness (QED) is 0.778. The van der Waals surface area contributed by atoms with Crippen LogP contribution >= 0.6 is 0 Å². The van der Waals surface area contributed by atoms with Gasteiger partial charge in [0.1, 0.15) is 11.4 Å². The molecular formula is C10H13NO3. The molecule has 0 spiro atoms. The summed E-state index contributed by atoms with van der Waals surface area (Å²) in [6, 6.07) is 1.61. The van der Waals surface area contributed by atoms with E-state index >= 15 is 0 Å². The van der Waals surface area contributed by atoms with Crippen LogP contribution in [0.1, 0.15) is 29.0 Å². The van der Waals surface area contributed by atoms with Gasteiger partial charge in [-0.1, -0.05) is 0 Å². The number of aromatic carboxylic acids is 1. The maximum absolute atomic E-state index is 10.9. The number of carboxylic acid groups (broad SMARTS) is 1. The number of carboxylic acids is 1. The van der Waals surface area contributed by atoms with Gasteiger partial charge in [0.05, 0.1) is 12.8 Å². The van der Waals surface area contributed by atoms with Crippen LogP contribution in [-0.4, -0.2) is 22.8 Å². The van der Waals surface area contributed by atoms with Gasteiger partial charge in [0, 0.05) is 12.6 Å². The van der Waals surface area contributed by atoms with Crippen LogP contribution in [0.5, 0.6) is 5.75 Å². The standard InChI is InChI=1S/C10H13NO3/c1-14-9-6-8(10(12)13)11-5-3-2-4-7(9)11/h6H,2-5H2,1H3,(H,12,13). The van der Waals surface area contributed by atoms with Crippen molar-refractivity contribution in [2.75, 3.05) is 7.11 Å². The zero-order valence-corrected chi connectivity index (χ0v) is 8.12. The van der Waals surface area contributed by atoms with Gasteiger partial charge in [-0.25, -0.2) is 4.79 Å². The summed E-state index contributed by atoms with van der Waals surface area (Å²) in [7, 11) is 1.58. The van der Waals surface area contributed by atoms with Gasteiger partial charge in [0.2, 0.25) is 0 Å². The molecule has 1 aliphatic heterocycles. The molecule has 1 aromatic rings. The molecule has 0 unspecified atom stereocenters. The SMILES string of the molecule is COc1cc(C(=O)O)n2c1CCCC2. The van der Waals surface area contributed by atoms with Gasteiger partial charge >= 0.3 is 5.97 Å². The molecule has 0 aromatic carbocycles. The number of methoxy groups -OCH3 is 1. The number of carbonyl (C=O) groups is 1. The zero-order chi connectivity index (χ0) is 10.1. The average Bonchev–Trinajstić information content (AvgIpc) is 2.56. The maximum atomic E-state index is 10.9.